The molecule has 1 saturated heterocycles. The quantitative estimate of drug-likeness (QED) is 0.906. The van der Waals surface area contributed by atoms with E-state index in [1.54, 1.807) is 0 Å². The van der Waals surface area contributed by atoms with E-state index < -0.39 is 0 Å². The molecule has 1 N–H and O–H groups in total. The average Bonchev–Trinajstić information content (AvgIpc) is 2.41. The second kappa shape index (κ2) is 6.20. The minimum Gasteiger partial charge on any atom is -0.311 e. The number of likely N-dealkylation sites (N-methyl/N-ethyl adjacent to an activating group) is 1. The van der Waals surface area contributed by atoms with E-state index in [0.29, 0.717) is 12.5 Å². The molecule has 1 amide bonds. The summed E-state index contributed by atoms with van der Waals surface area (Å²) in [6, 6.07) is 8.15. The summed E-state index contributed by atoms with van der Waals surface area (Å²) < 4.78 is 0. The zero-order valence-electron chi connectivity index (χ0n) is 12.1. The number of nitrogens with zero attached hydrogens (tertiary/aromatic N) is 1. The van der Waals surface area contributed by atoms with Gasteiger partial charge in [0.05, 0.1) is 6.04 Å². The van der Waals surface area contributed by atoms with Crippen molar-refractivity contribution in [2.45, 2.75) is 39.7 Å². The predicted octanol–water partition coefficient (Wildman–Crippen LogP) is 2.74. The van der Waals surface area contributed by atoms with Crippen LogP contribution in [0.2, 0.25) is 0 Å². The van der Waals surface area contributed by atoms with Crippen molar-refractivity contribution in [2.24, 2.45) is 5.92 Å². The highest BCUT2D eigenvalue weighted by atomic mass is 16.2. The van der Waals surface area contributed by atoms with Gasteiger partial charge in [0.15, 0.2) is 0 Å². The van der Waals surface area contributed by atoms with Gasteiger partial charge in [-0.05, 0) is 51.3 Å². The van der Waals surface area contributed by atoms with Crippen LogP contribution in [0.15, 0.2) is 24.3 Å². The molecule has 2 atom stereocenters. The van der Waals surface area contributed by atoms with Crippen LogP contribution in [0.25, 0.3) is 0 Å². The van der Waals surface area contributed by atoms with Gasteiger partial charge in [-0.1, -0.05) is 24.6 Å². The lowest BCUT2D eigenvalue weighted by Gasteiger charge is -2.32. The number of hydrogen-bond donors (Lipinski definition) is 1. The zero-order valence-corrected chi connectivity index (χ0v) is 12.1. The smallest absolute Gasteiger partial charge is 0.244 e. The molecule has 19 heavy (non-hydrogen) atoms. The SMILES string of the molecule is CCN(C(=O)C1CC(C)CCN1)c1ccc(C)cc1. The Balaban J connectivity index is 2.12. The van der Waals surface area contributed by atoms with Crippen LogP contribution in [-0.2, 0) is 4.79 Å². The number of hydrogen-bond acceptors (Lipinski definition) is 2. The van der Waals surface area contributed by atoms with Crippen molar-refractivity contribution in [2.75, 3.05) is 18.0 Å². The van der Waals surface area contributed by atoms with Gasteiger partial charge in [-0.15, -0.1) is 0 Å². The fourth-order valence-corrected chi connectivity index (χ4v) is 2.67. The Kier molecular flexibility index (Phi) is 4.59. The third kappa shape index (κ3) is 3.35. The molecule has 0 aliphatic carbocycles. The van der Waals surface area contributed by atoms with Crippen molar-refractivity contribution in [1.82, 2.24) is 5.32 Å². The molecule has 0 bridgehead atoms. The van der Waals surface area contributed by atoms with Crippen LogP contribution < -0.4 is 10.2 Å². The molecule has 2 unspecified atom stereocenters. The summed E-state index contributed by atoms with van der Waals surface area (Å²) in [4.78, 5) is 14.5. The van der Waals surface area contributed by atoms with Gasteiger partial charge in [-0.25, -0.2) is 0 Å². The van der Waals surface area contributed by atoms with Crippen molar-refractivity contribution < 1.29 is 4.79 Å². The van der Waals surface area contributed by atoms with Crippen molar-refractivity contribution in [3.8, 4) is 0 Å². The maximum absolute atomic E-state index is 12.6. The molecular weight excluding hydrogens is 236 g/mol. The Morgan fingerprint density at radius 3 is 2.63 bits per heavy atom. The number of piperidine rings is 1. The standard InChI is InChI=1S/C16H24N2O/c1-4-18(14-7-5-12(2)6-8-14)16(19)15-11-13(3)9-10-17-15/h5-8,13,15,17H,4,9-11H2,1-3H3. The second-order valence-electron chi connectivity index (χ2n) is 5.55. The van der Waals surface area contributed by atoms with Crippen LogP contribution in [0.5, 0.6) is 0 Å². The lowest BCUT2D eigenvalue weighted by atomic mass is 9.93. The topological polar surface area (TPSA) is 32.3 Å². The van der Waals surface area contributed by atoms with E-state index in [0.717, 1.165) is 18.7 Å². The summed E-state index contributed by atoms with van der Waals surface area (Å²) in [5, 5.41) is 3.35. The first kappa shape index (κ1) is 14.1. The number of amides is 1. The first-order valence-electron chi connectivity index (χ1n) is 7.23. The fourth-order valence-electron chi connectivity index (χ4n) is 2.67. The number of anilines is 1. The molecule has 1 fully saturated rings. The number of benzene rings is 1. The van der Waals surface area contributed by atoms with Crippen LogP contribution in [-0.4, -0.2) is 25.0 Å². The van der Waals surface area contributed by atoms with Crippen LogP contribution in [0.4, 0.5) is 5.69 Å². The van der Waals surface area contributed by atoms with Crippen LogP contribution in [0.3, 0.4) is 0 Å². The molecule has 2 rings (SSSR count). The lowest BCUT2D eigenvalue weighted by molar-refractivity contribution is -0.121. The first-order chi connectivity index (χ1) is 9.11. The number of rotatable bonds is 3. The molecular formula is C16H24N2O. The highest BCUT2D eigenvalue weighted by Gasteiger charge is 2.28. The third-order valence-corrected chi connectivity index (χ3v) is 3.89. The summed E-state index contributed by atoms with van der Waals surface area (Å²) in [5.41, 5.74) is 2.22. The molecule has 1 aromatic rings. The molecule has 0 aromatic heterocycles. The van der Waals surface area contributed by atoms with Crippen molar-refractivity contribution in [1.29, 1.82) is 0 Å². The van der Waals surface area contributed by atoms with Crippen LogP contribution in [0.1, 0.15) is 32.3 Å². The number of carbonyl (C=O) groups excluding carboxylic acids is 1. The summed E-state index contributed by atoms with van der Waals surface area (Å²) in [7, 11) is 0. The Morgan fingerprint density at radius 2 is 2.05 bits per heavy atom. The normalized spacial score (nSPS) is 23.1. The molecule has 0 spiro atoms. The van der Waals surface area contributed by atoms with E-state index in [9.17, 15) is 4.79 Å². The second-order valence-corrected chi connectivity index (χ2v) is 5.55. The van der Waals surface area contributed by atoms with E-state index in [4.69, 9.17) is 0 Å². The van der Waals surface area contributed by atoms with Crippen molar-refractivity contribution >= 4 is 11.6 Å². The van der Waals surface area contributed by atoms with Crippen molar-refractivity contribution in [3.05, 3.63) is 29.8 Å². The molecule has 1 aliphatic heterocycles. The van der Waals surface area contributed by atoms with Gasteiger partial charge in [0.1, 0.15) is 0 Å². The molecule has 104 valence electrons. The van der Waals surface area contributed by atoms with Crippen LogP contribution >= 0.6 is 0 Å². The van der Waals surface area contributed by atoms with Gasteiger partial charge in [0.2, 0.25) is 5.91 Å². The highest BCUT2D eigenvalue weighted by Crippen LogP contribution is 2.20. The summed E-state index contributed by atoms with van der Waals surface area (Å²) in [6.07, 6.45) is 2.11. The van der Waals surface area contributed by atoms with Gasteiger partial charge >= 0.3 is 0 Å². The largest absolute Gasteiger partial charge is 0.311 e. The van der Waals surface area contributed by atoms with Gasteiger partial charge < -0.3 is 10.2 Å². The van der Waals surface area contributed by atoms with Crippen LogP contribution in [0, 0.1) is 12.8 Å². The zero-order chi connectivity index (χ0) is 13.8. The molecule has 3 heteroatoms. The maximum atomic E-state index is 12.6. The van der Waals surface area contributed by atoms with E-state index in [-0.39, 0.29) is 11.9 Å². The van der Waals surface area contributed by atoms with E-state index >= 15 is 0 Å². The van der Waals surface area contributed by atoms with Crippen molar-refractivity contribution in [3.63, 3.8) is 0 Å². The highest BCUT2D eigenvalue weighted by molar-refractivity contribution is 5.97. The van der Waals surface area contributed by atoms with Gasteiger partial charge in [0, 0.05) is 12.2 Å². The number of aryl methyl sites for hydroxylation is 1. The molecule has 3 nitrogen and oxygen atoms in total. The summed E-state index contributed by atoms with van der Waals surface area (Å²) >= 11 is 0. The minimum atomic E-state index is -0.0231. The minimum absolute atomic E-state index is 0.0231. The molecule has 0 saturated carbocycles. The maximum Gasteiger partial charge on any atom is 0.244 e. The van der Waals surface area contributed by atoms with Gasteiger partial charge in [-0.3, -0.25) is 4.79 Å². The summed E-state index contributed by atoms with van der Waals surface area (Å²) in [5.74, 6) is 0.838. The molecule has 1 aliphatic rings. The third-order valence-electron chi connectivity index (χ3n) is 3.89. The molecule has 0 radical (unpaired) electrons. The molecule has 1 aromatic carbocycles. The van der Waals surface area contributed by atoms with Gasteiger partial charge in [0.25, 0.3) is 0 Å². The number of carbonyl (C=O) groups is 1. The predicted molar refractivity (Wildman–Crippen MR) is 79.4 cm³/mol. The fraction of sp³-hybridized carbons (Fsp3) is 0.562. The van der Waals surface area contributed by atoms with Gasteiger partial charge in [-0.2, -0.15) is 0 Å². The Bertz CT molecular complexity index is 427. The lowest BCUT2D eigenvalue weighted by Crippen LogP contribution is -2.50. The Morgan fingerprint density at radius 1 is 1.37 bits per heavy atom. The van der Waals surface area contributed by atoms with E-state index in [1.807, 2.05) is 24.0 Å². The first-order valence-corrected chi connectivity index (χ1v) is 7.23. The van der Waals surface area contributed by atoms with E-state index in [2.05, 4.69) is 31.3 Å². The monoisotopic (exact) mass is 260 g/mol. The van der Waals surface area contributed by atoms with E-state index in [1.165, 1.54) is 12.0 Å². The summed E-state index contributed by atoms with van der Waals surface area (Å²) in [6.45, 7) is 7.98. The Labute approximate surface area is 116 Å². The average molecular weight is 260 g/mol. The number of nitrogens with one attached hydrogen (secondary N) is 1. The Hall–Kier alpha value is -1.35. The molecule has 1 heterocycles.